The summed E-state index contributed by atoms with van der Waals surface area (Å²) in [5, 5.41) is 8.85. The van der Waals surface area contributed by atoms with Gasteiger partial charge in [-0.15, -0.1) is 0 Å². The molecule has 1 aromatic heterocycles. The standard InChI is InChI=1S/C15H13N2O/c1-11-4-3-5-15(8-11)18-10-14-7-12(2)6-13(9-16)17-14/h3-7H,10H2,1-2H3. The third kappa shape index (κ3) is 3.08. The lowest BCUT2D eigenvalue weighted by atomic mass is 10.2. The van der Waals surface area contributed by atoms with Crippen molar-refractivity contribution in [2.75, 3.05) is 0 Å². The number of aromatic nitrogens is 1. The Hall–Kier alpha value is -2.34. The fourth-order valence-electron chi connectivity index (χ4n) is 1.66. The van der Waals surface area contributed by atoms with Crippen LogP contribution in [0.15, 0.2) is 30.3 Å². The molecule has 3 nitrogen and oxygen atoms in total. The van der Waals surface area contributed by atoms with Crippen LogP contribution < -0.4 is 4.74 Å². The van der Waals surface area contributed by atoms with Crippen molar-refractivity contribution in [1.29, 1.82) is 5.26 Å². The second kappa shape index (κ2) is 5.33. The average molecular weight is 237 g/mol. The summed E-state index contributed by atoms with van der Waals surface area (Å²) in [6.07, 6.45) is 0. The first-order valence-corrected chi connectivity index (χ1v) is 5.67. The van der Waals surface area contributed by atoms with Crippen molar-refractivity contribution in [2.45, 2.75) is 20.5 Å². The number of ether oxygens (including phenoxy) is 1. The summed E-state index contributed by atoms with van der Waals surface area (Å²) in [5.74, 6) is 0.691. The van der Waals surface area contributed by atoms with Crippen molar-refractivity contribution in [3.8, 4) is 11.8 Å². The molecule has 0 saturated carbocycles. The molecule has 0 aliphatic rings. The van der Waals surface area contributed by atoms with Crippen molar-refractivity contribution < 1.29 is 4.74 Å². The van der Waals surface area contributed by atoms with Crippen LogP contribution in [0.5, 0.6) is 5.75 Å². The van der Waals surface area contributed by atoms with E-state index in [1.165, 1.54) is 0 Å². The van der Waals surface area contributed by atoms with Crippen LogP contribution in [-0.4, -0.2) is 4.98 Å². The molecule has 0 amide bonds. The molecule has 18 heavy (non-hydrogen) atoms. The third-order valence-corrected chi connectivity index (χ3v) is 2.43. The Bertz CT molecular complexity index is 600. The highest BCUT2D eigenvalue weighted by Crippen LogP contribution is 2.13. The maximum atomic E-state index is 8.85. The Labute approximate surface area is 107 Å². The van der Waals surface area contributed by atoms with Gasteiger partial charge in [0, 0.05) is 6.07 Å². The zero-order chi connectivity index (χ0) is 13.0. The van der Waals surface area contributed by atoms with Gasteiger partial charge in [-0.1, -0.05) is 12.1 Å². The molecule has 1 aromatic carbocycles. The van der Waals surface area contributed by atoms with Crippen LogP contribution >= 0.6 is 0 Å². The fraction of sp³-hybridized carbons (Fsp3) is 0.200. The van der Waals surface area contributed by atoms with Crippen LogP contribution in [0.2, 0.25) is 0 Å². The Balaban J connectivity index is 2.11. The number of aryl methyl sites for hydroxylation is 2. The van der Waals surface area contributed by atoms with E-state index in [1.54, 1.807) is 6.07 Å². The van der Waals surface area contributed by atoms with E-state index < -0.39 is 0 Å². The summed E-state index contributed by atoms with van der Waals surface area (Å²) in [4.78, 5) is 4.19. The van der Waals surface area contributed by atoms with E-state index in [4.69, 9.17) is 10.00 Å². The topological polar surface area (TPSA) is 45.9 Å². The Morgan fingerprint density at radius 1 is 1.33 bits per heavy atom. The molecule has 0 bridgehead atoms. The largest absolute Gasteiger partial charge is 0.487 e. The van der Waals surface area contributed by atoms with Crippen molar-refractivity contribution in [2.24, 2.45) is 0 Å². The Morgan fingerprint density at radius 3 is 2.89 bits per heavy atom. The Morgan fingerprint density at radius 2 is 2.17 bits per heavy atom. The van der Waals surface area contributed by atoms with Gasteiger partial charge in [-0.3, -0.25) is 0 Å². The molecule has 2 aromatic rings. The number of nitriles is 1. The summed E-state index contributed by atoms with van der Waals surface area (Å²) < 4.78 is 5.60. The summed E-state index contributed by atoms with van der Waals surface area (Å²) in [5.41, 5.74) is 3.21. The minimum Gasteiger partial charge on any atom is -0.487 e. The monoisotopic (exact) mass is 237 g/mol. The van der Waals surface area contributed by atoms with E-state index in [2.05, 4.69) is 11.1 Å². The molecule has 0 saturated heterocycles. The van der Waals surface area contributed by atoms with Crippen molar-refractivity contribution in [3.63, 3.8) is 0 Å². The summed E-state index contributed by atoms with van der Waals surface area (Å²) in [6, 6.07) is 14.6. The molecular weight excluding hydrogens is 224 g/mol. The number of rotatable bonds is 3. The minimum atomic E-state index is 0.344. The van der Waals surface area contributed by atoms with E-state index in [9.17, 15) is 0 Å². The number of hydrogen-bond donors (Lipinski definition) is 0. The summed E-state index contributed by atoms with van der Waals surface area (Å²) in [6.45, 7) is 4.24. The molecule has 0 atom stereocenters. The maximum Gasteiger partial charge on any atom is 0.141 e. The van der Waals surface area contributed by atoms with E-state index in [0.29, 0.717) is 18.1 Å². The van der Waals surface area contributed by atoms with Crippen LogP contribution in [0.4, 0.5) is 0 Å². The lowest BCUT2D eigenvalue weighted by Gasteiger charge is -2.07. The predicted molar refractivity (Wildman–Crippen MR) is 68.0 cm³/mol. The molecule has 0 unspecified atom stereocenters. The average Bonchev–Trinajstić information content (AvgIpc) is 2.36. The van der Waals surface area contributed by atoms with E-state index >= 15 is 0 Å². The molecule has 89 valence electrons. The molecule has 0 aliphatic heterocycles. The van der Waals surface area contributed by atoms with Gasteiger partial charge < -0.3 is 4.74 Å². The van der Waals surface area contributed by atoms with Crippen LogP contribution in [0, 0.1) is 31.2 Å². The van der Waals surface area contributed by atoms with Crippen molar-refractivity contribution in [3.05, 3.63) is 58.9 Å². The first-order chi connectivity index (χ1) is 8.67. The number of nitrogens with zero attached hydrogens (tertiary/aromatic N) is 2. The second-order valence-electron chi connectivity index (χ2n) is 4.12. The first kappa shape index (κ1) is 12.1. The van der Waals surface area contributed by atoms with Gasteiger partial charge in [0.1, 0.15) is 24.1 Å². The second-order valence-corrected chi connectivity index (χ2v) is 4.12. The molecular formula is C15H13N2O. The number of benzene rings is 1. The van der Waals surface area contributed by atoms with E-state index in [1.807, 2.05) is 44.2 Å². The van der Waals surface area contributed by atoms with E-state index in [0.717, 1.165) is 16.8 Å². The molecule has 2 rings (SSSR count). The smallest absolute Gasteiger partial charge is 0.141 e. The minimum absolute atomic E-state index is 0.344. The molecule has 0 spiro atoms. The third-order valence-electron chi connectivity index (χ3n) is 2.43. The molecule has 0 aliphatic carbocycles. The quantitative estimate of drug-likeness (QED) is 0.824. The molecule has 0 fully saturated rings. The molecule has 1 heterocycles. The lowest BCUT2D eigenvalue weighted by Crippen LogP contribution is -2.00. The Kier molecular flexibility index (Phi) is 3.59. The van der Waals surface area contributed by atoms with Gasteiger partial charge in [0.25, 0.3) is 0 Å². The zero-order valence-corrected chi connectivity index (χ0v) is 10.4. The van der Waals surface area contributed by atoms with Crippen LogP contribution in [0.25, 0.3) is 0 Å². The number of hydrogen-bond acceptors (Lipinski definition) is 3. The highest BCUT2D eigenvalue weighted by molar-refractivity contribution is 5.29. The highest BCUT2D eigenvalue weighted by Gasteiger charge is 2.02. The van der Waals surface area contributed by atoms with Gasteiger partial charge in [-0.25, -0.2) is 4.98 Å². The SMILES string of the molecule is Cc1[c]c(OCc2cc(C)cc(C#N)n2)ccc1. The van der Waals surface area contributed by atoms with E-state index in [-0.39, 0.29) is 0 Å². The summed E-state index contributed by atoms with van der Waals surface area (Å²) in [7, 11) is 0. The summed E-state index contributed by atoms with van der Waals surface area (Å²) >= 11 is 0. The zero-order valence-electron chi connectivity index (χ0n) is 10.4. The molecule has 0 N–H and O–H groups in total. The van der Waals surface area contributed by atoms with Gasteiger partial charge in [0.15, 0.2) is 0 Å². The van der Waals surface area contributed by atoms with Crippen LogP contribution in [0.1, 0.15) is 22.5 Å². The van der Waals surface area contributed by atoms with Crippen molar-refractivity contribution in [1.82, 2.24) is 4.98 Å². The maximum absolute atomic E-state index is 8.85. The first-order valence-electron chi connectivity index (χ1n) is 5.67. The van der Waals surface area contributed by atoms with Gasteiger partial charge in [-0.05, 0) is 43.2 Å². The normalized spacial score (nSPS) is 9.83. The van der Waals surface area contributed by atoms with Crippen LogP contribution in [-0.2, 0) is 6.61 Å². The molecule has 1 radical (unpaired) electrons. The van der Waals surface area contributed by atoms with Gasteiger partial charge in [0.2, 0.25) is 0 Å². The lowest BCUT2D eigenvalue weighted by molar-refractivity contribution is 0.300. The van der Waals surface area contributed by atoms with Gasteiger partial charge in [0.05, 0.1) is 5.69 Å². The highest BCUT2D eigenvalue weighted by atomic mass is 16.5. The van der Waals surface area contributed by atoms with Crippen molar-refractivity contribution >= 4 is 0 Å². The van der Waals surface area contributed by atoms with Gasteiger partial charge >= 0.3 is 0 Å². The fourth-order valence-corrected chi connectivity index (χ4v) is 1.66. The van der Waals surface area contributed by atoms with Gasteiger partial charge in [-0.2, -0.15) is 5.26 Å². The number of pyridine rings is 1. The predicted octanol–water partition coefficient (Wildman–Crippen LogP) is 2.95. The van der Waals surface area contributed by atoms with Crippen LogP contribution in [0.3, 0.4) is 0 Å². The molecule has 3 heteroatoms.